The summed E-state index contributed by atoms with van der Waals surface area (Å²) < 4.78 is 10.5. The zero-order chi connectivity index (χ0) is 14.5. The van der Waals surface area contributed by atoms with Gasteiger partial charge in [0.2, 0.25) is 0 Å². The van der Waals surface area contributed by atoms with Gasteiger partial charge >= 0.3 is 6.09 Å². The molecule has 20 heavy (non-hydrogen) atoms. The number of nitrogens with zero attached hydrogens (tertiary/aromatic N) is 1. The van der Waals surface area contributed by atoms with E-state index in [0.29, 0.717) is 12.1 Å². The van der Waals surface area contributed by atoms with Crippen LogP contribution in [0.2, 0.25) is 0 Å². The molecule has 5 nitrogen and oxygen atoms in total. The molecule has 0 saturated carbocycles. The number of ether oxygens (including phenoxy) is 2. The highest BCUT2D eigenvalue weighted by Gasteiger charge is 2.29. The Morgan fingerprint density at radius 3 is 2.45 bits per heavy atom. The van der Waals surface area contributed by atoms with E-state index in [2.05, 4.69) is 13.8 Å². The molecule has 0 unspecified atom stereocenters. The Bertz CT molecular complexity index is 479. The Morgan fingerprint density at radius 1 is 1.30 bits per heavy atom. The van der Waals surface area contributed by atoms with Gasteiger partial charge in [0.25, 0.3) is 5.91 Å². The summed E-state index contributed by atoms with van der Waals surface area (Å²) in [6, 6.07) is 6.86. The van der Waals surface area contributed by atoms with Gasteiger partial charge in [0.05, 0.1) is 12.6 Å². The summed E-state index contributed by atoms with van der Waals surface area (Å²) in [7, 11) is 0. The molecule has 0 aromatic heterocycles. The molecular weight excluding hydrogens is 258 g/mol. The molecular formula is C15H19NO4. The Hall–Kier alpha value is -2.04. The summed E-state index contributed by atoms with van der Waals surface area (Å²) in [5.74, 6) is 0.404. The van der Waals surface area contributed by atoms with Gasteiger partial charge in [-0.25, -0.2) is 9.69 Å². The molecule has 1 saturated heterocycles. The highest BCUT2D eigenvalue weighted by molar-refractivity contribution is 6.03. The summed E-state index contributed by atoms with van der Waals surface area (Å²) in [5.41, 5.74) is 0.459. The minimum absolute atomic E-state index is 0.185. The first-order valence-corrected chi connectivity index (χ1v) is 6.91. The van der Waals surface area contributed by atoms with Crippen molar-refractivity contribution in [3.05, 3.63) is 29.8 Å². The van der Waals surface area contributed by atoms with E-state index < -0.39 is 6.09 Å². The van der Waals surface area contributed by atoms with Crippen LogP contribution in [-0.4, -0.2) is 36.2 Å². The topological polar surface area (TPSA) is 55.8 Å². The van der Waals surface area contributed by atoms with Gasteiger partial charge < -0.3 is 9.47 Å². The molecule has 2 amide bonds. The average Bonchev–Trinajstić information content (AvgIpc) is 2.91. The summed E-state index contributed by atoms with van der Waals surface area (Å²) in [6.07, 6.45) is 1.49. The van der Waals surface area contributed by atoms with Gasteiger partial charge in [-0.15, -0.1) is 0 Å². The lowest BCUT2D eigenvalue weighted by molar-refractivity contribution is 0.0810. The van der Waals surface area contributed by atoms with Crippen LogP contribution in [0.5, 0.6) is 5.75 Å². The van der Waals surface area contributed by atoms with Crippen LogP contribution in [0.4, 0.5) is 4.79 Å². The van der Waals surface area contributed by atoms with E-state index in [-0.39, 0.29) is 18.6 Å². The van der Waals surface area contributed by atoms with Crippen molar-refractivity contribution < 1.29 is 19.1 Å². The molecule has 0 spiro atoms. The van der Waals surface area contributed by atoms with Crippen LogP contribution in [0.25, 0.3) is 0 Å². The molecule has 108 valence electrons. The maximum Gasteiger partial charge on any atom is 0.416 e. The largest absolute Gasteiger partial charge is 0.490 e. The molecule has 1 aliphatic rings. The summed E-state index contributed by atoms with van der Waals surface area (Å²) in [5, 5.41) is 0. The van der Waals surface area contributed by atoms with Crippen LogP contribution in [0.15, 0.2) is 24.3 Å². The van der Waals surface area contributed by atoms with Crippen LogP contribution >= 0.6 is 0 Å². The van der Waals surface area contributed by atoms with Gasteiger partial charge in [0, 0.05) is 5.56 Å². The zero-order valence-electron chi connectivity index (χ0n) is 11.8. The number of rotatable bonds is 5. The van der Waals surface area contributed by atoms with Crippen molar-refractivity contribution in [3.8, 4) is 5.75 Å². The predicted molar refractivity (Wildman–Crippen MR) is 73.8 cm³/mol. The quantitative estimate of drug-likeness (QED) is 0.830. The fourth-order valence-corrected chi connectivity index (χ4v) is 2.06. The first-order valence-electron chi connectivity index (χ1n) is 6.91. The fraction of sp³-hybridized carbons (Fsp3) is 0.467. The molecule has 1 aromatic carbocycles. The smallest absolute Gasteiger partial charge is 0.416 e. The van der Waals surface area contributed by atoms with E-state index in [1.165, 1.54) is 0 Å². The number of amides is 2. The van der Waals surface area contributed by atoms with Crippen molar-refractivity contribution in [3.63, 3.8) is 0 Å². The van der Waals surface area contributed by atoms with Crippen LogP contribution in [-0.2, 0) is 4.74 Å². The summed E-state index contributed by atoms with van der Waals surface area (Å²) >= 11 is 0. The number of carbonyl (C=O) groups is 2. The van der Waals surface area contributed by atoms with Gasteiger partial charge in [-0.3, -0.25) is 4.79 Å². The first kappa shape index (κ1) is 14.4. The van der Waals surface area contributed by atoms with Crippen LogP contribution < -0.4 is 4.74 Å². The number of benzene rings is 1. The van der Waals surface area contributed by atoms with Crippen molar-refractivity contribution in [1.29, 1.82) is 0 Å². The monoisotopic (exact) mass is 277 g/mol. The molecule has 2 rings (SSSR count). The third-order valence-electron chi connectivity index (χ3n) is 3.32. The highest BCUT2D eigenvalue weighted by Crippen LogP contribution is 2.18. The minimum atomic E-state index is -0.577. The fourth-order valence-electron chi connectivity index (χ4n) is 2.06. The molecule has 0 N–H and O–H groups in total. The van der Waals surface area contributed by atoms with Gasteiger partial charge in [0.15, 0.2) is 0 Å². The molecule has 0 bridgehead atoms. The molecule has 1 aliphatic heterocycles. The first-order chi connectivity index (χ1) is 9.65. The third-order valence-corrected chi connectivity index (χ3v) is 3.32. The lowest BCUT2D eigenvalue weighted by Crippen LogP contribution is -2.31. The molecule has 1 heterocycles. The number of hydrogen-bond donors (Lipinski definition) is 0. The second kappa shape index (κ2) is 6.41. The molecule has 5 heteroatoms. The zero-order valence-corrected chi connectivity index (χ0v) is 11.8. The van der Waals surface area contributed by atoms with E-state index in [1.54, 1.807) is 24.3 Å². The second-order valence-corrected chi connectivity index (χ2v) is 4.65. The van der Waals surface area contributed by atoms with E-state index in [1.807, 2.05) is 0 Å². The van der Waals surface area contributed by atoms with Gasteiger partial charge in [-0.2, -0.15) is 0 Å². The van der Waals surface area contributed by atoms with Crippen molar-refractivity contribution in [2.24, 2.45) is 0 Å². The SMILES string of the molecule is CCC(CC)Oc1ccc(C(=O)N2CCOC2=O)cc1. The Kier molecular flexibility index (Phi) is 4.61. The molecule has 0 aliphatic carbocycles. The van der Waals surface area contributed by atoms with Crippen molar-refractivity contribution in [1.82, 2.24) is 4.90 Å². The lowest BCUT2D eigenvalue weighted by atomic mass is 10.2. The normalized spacial score (nSPS) is 14.6. The third kappa shape index (κ3) is 3.10. The second-order valence-electron chi connectivity index (χ2n) is 4.65. The molecule has 0 atom stereocenters. The Balaban J connectivity index is 2.04. The van der Waals surface area contributed by atoms with Crippen molar-refractivity contribution >= 4 is 12.0 Å². The Morgan fingerprint density at radius 2 is 1.95 bits per heavy atom. The molecule has 1 fully saturated rings. The van der Waals surface area contributed by atoms with Crippen molar-refractivity contribution in [2.45, 2.75) is 32.8 Å². The van der Waals surface area contributed by atoms with E-state index in [4.69, 9.17) is 9.47 Å². The van der Waals surface area contributed by atoms with Gasteiger partial charge in [-0.1, -0.05) is 13.8 Å². The Labute approximate surface area is 118 Å². The van der Waals surface area contributed by atoms with Crippen LogP contribution in [0.1, 0.15) is 37.0 Å². The minimum Gasteiger partial charge on any atom is -0.490 e. The lowest BCUT2D eigenvalue weighted by Gasteiger charge is -2.16. The number of carbonyl (C=O) groups excluding carboxylic acids is 2. The van der Waals surface area contributed by atoms with E-state index in [0.717, 1.165) is 23.5 Å². The average molecular weight is 277 g/mol. The number of cyclic esters (lactones) is 1. The van der Waals surface area contributed by atoms with E-state index >= 15 is 0 Å². The summed E-state index contributed by atoms with van der Waals surface area (Å²) in [6.45, 7) is 4.72. The maximum atomic E-state index is 12.1. The van der Waals surface area contributed by atoms with Gasteiger partial charge in [-0.05, 0) is 37.1 Å². The number of imide groups is 1. The summed E-state index contributed by atoms with van der Waals surface area (Å²) in [4.78, 5) is 24.5. The molecule has 1 aromatic rings. The maximum absolute atomic E-state index is 12.1. The van der Waals surface area contributed by atoms with Gasteiger partial charge in [0.1, 0.15) is 12.4 Å². The highest BCUT2D eigenvalue weighted by atomic mass is 16.6. The predicted octanol–water partition coefficient (Wildman–Crippen LogP) is 2.85. The van der Waals surface area contributed by atoms with Crippen molar-refractivity contribution in [2.75, 3.05) is 13.2 Å². The van der Waals surface area contributed by atoms with Crippen LogP contribution in [0, 0.1) is 0 Å². The number of hydrogen-bond acceptors (Lipinski definition) is 4. The van der Waals surface area contributed by atoms with Crippen LogP contribution in [0.3, 0.4) is 0 Å². The standard InChI is InChI=1S/C15H19NO4/c1-3-12(4-2)20-13-7-5-11(6-8-13)14(17)16-9-10-19-15(16)18/h5-8,12H,3-4,9-10H2,1-2H3. The molecule has 0 radical (unpaired) electrons. The van der Waals surface area contributed by atoms with E-state index in [9.17, 15) is 9.59 Å².